The maximum absolute atomic E-state index is 9.76. The van der Waals surface area contributed by atoms with Crippen molar-refractivity contribution in [2.24, 2.45) is 5.41 Å². The van der Waals surface area contributed by atoms with Crippen molar-refractivity contribution in [3.8, 4) is 17.3 Å². The number of tetrazole rings is 1. The minimum atomic E-state index is -0.433. The molecular formula is C28H37ClN10O2. The maximum Gasteiger partial charge on any atom is 0.200 e. The number of nitrogens with zero attached hydrogens (tertiary/aromatic N) is 6. The van der Waals surface area contributed by atoms with Gasteiger partial charge < -0.3 is 25.4 Å². The molecule has 4 heterocycles. The lowest BCUT2D eigenvalue weighted by Crippen LogP contribution is -2.43. The molecule has 1 aliphatic carbocycles. The van der Waals surface area contributed by atoms with Crippen molar-refractivity contribution in [1.29, 1.82) is 5.26 Å². The number of hydrogen-bond acceptors (Lipinski definition) is 11. The number of hydrogen-bond donors (Lipinski definition) is 4. The first-order valence-corrected chi connectivity index (χ1v) is 14.6. The molecule has 4 N–H and O–H groups in total. The Bertz CT molecular complexity index is 1290. The van der Waals surface area contributed by atoms with Gasteiger partial charge in [-0.2, -0.15) is 10.5 Å². The molecule has 1 atom stereocenters. The van der Waals surface area contributed by atoms with Gasteiger partial charge in [0.25, 0.3) is 0 Å². The molecule has 0 amide bonds. The Morgan fingerprint density at radius 1 is 1.20 bits per heavy atom. The predicted molar refractivity (Wildman–Crippen MR) is 155 cm³/mol. The Morgan fingerprint density at radius 3 is 2.76 bits per heavy atom. The molecule has 2 fully saturated rings. The molecular weight excluding hydrogens is 544 g/mol. The Labute approximate surface area is 245 Å². The van der Waals surface area contributed by atoms with E-state index in [2.05, 4.69) is 54.6 Å². The fourth-order valence-electron chi connectivity index (χ4n) is 5.38. The van der Waals surface area contributed by atoms with Crippen LogP contribution in [0.4, 0.5) is 11.6 Å². The van der Waals surface area contributed by atoms with E-state index in [0.717, 1.165) is 55.6 Å². The third-order valence-corrected chi connectivity index (χ3v) is 8.06. The molecule has 1 unspecified atom stereocenters. The first-order valence-electron chi connectivity index (χ1n) is 14.2. The Balaban J connectivity index is 1.11. The monoisotopic (exact) mass is 580 g/mol. The Hall–Kier alpha value is -3.37. The molecule has 13 heteroatoms. The van der Waals surface area contributed by atoms with E-state index >= 15 is 0 Å². The second-order valence-corrected chi connectivity index (χ2v) is 11.3. The Morgan fingerprint density at radius 2 is 2.00 bits per heavy atom. The smallest absolute Gasteiger partial charge is 0.200 e. The van der Waals surface area contributed by atoms with E-state index < -0.39 is 5.41 Å². The van der Waals surface area contributed by atoms with Crippen LogP contribution in [0.15, 0.2) is 30.5 Å². The average Bonchev–Trinajstić information content (AvgIpc) is 3.52. The molecule has 2 aliphatic rings. The quantitative estimate of drug-likeness (QED) is 0.245. The summed E-state index contributed by atoms with van der Waals surface area (Å²) in [4.78, 5) is 9.33. The number of halogens is 1. The third kappa shape index (κ3) is 8.10. The number of nitrogens with one attached hydrogen (secondary N) is 4. The van der Waals surface area contributed by atoms with E-state index in [1.54, 1.807) is 6.20 Å². The number of rotatable bonds is 12. The standard InChI is InChI=1S/C28H37ClN10O2/c1-19(15-41-16-27-36-38-39-37-27)33-20-5-7-21(8-6-20)34-26-13-22(23(29)14-31-26)24-3-2-4-25(35-24)32-18-28(17-30)9-11-40-12-10-28/h2-4,13-14,19-21,33H,5-12,15-16,18H2,1H3,(H,31,34)(H,32,35)(H,36,37,38,39)/t19?,20-,21-. The van der Waals surface area contributed by atoms with Crippen LogP contribution in [0, 0.1) is 16.7 Å². The summed E-state index contributed by atoms with van der Waals surface area (Å²) in [6.45, 7) is 4.82. The summed E-state index contributed by atoms with van der Waals surface area (Å²) in [5, 5.41) is 34.7. The summed E-state index contributed by atoms with van der Waals surface area (Å²) in [5.74, 6) is 2.06. The summed E-state index contributed by atoms with van der Waals surface area (Å²) in [6.07, 6.45) is 7.33. The van der Waals surface area contributed by atoms with E-state index in [9.17, 15) is 5.26 Å². The van der Waals surface area contributed by atoms with Gasteiger partial charge in [-0.3, -0.25) is 0 Å². The van der Waals surface area contributed by atoms with Crippen LogP contribution in [0.25, 0.3) is 11.3 Å². The molecule has 1 saturated carbocycles. The first kappa shape index (κ1) is 29.1. The van der Waals surface area contributed by atoms with Crippen LogP contribution in [0.2, 0.25) is 5.02 Å². The van der Waals surface area contributed by atoms with Gasteiger partial charge in [0, 0.05) is 49.6 Å². The van der Waals surface area contributed by atoms with Crippen molar-refractivity contribution in [2.45, 2.75) is 70.2 Å². The van der Waals surface area contributed by atoms with Gasteiger partial charge in [-0.25, -0.2) is 9.97 Å². The van der Waals surface area contributed by atoms with Gasteiger partial charge in [0.05, 0.1) is 28.8 Å². The van der Waals surface area contributed by atoms with Gasteiger partial charge in [-0.15, -0.1) is 10.2 Å². The van der Waals surface area contributed by atoms with E-state index in [1.807, 2.05) is 24.3 Å². The second kappa shape index (κ2) is 14.0. The summed E-state index contributed by atoms with van der Waals surface area (Å²) in [6, 6.07) is 11.3. The van der Waals surface area contributed by atoms with Crippen LogP contribution in [-0.4, -0.2) is 75.1 Å². The minimum absolute atomic E-state index is 0.233. The zero-order valence-corrected chi connectivity index (χ0v) is 24.0. The highest BCUT2D eigenvalue weighted by Crippen LogP contribution is 2.32. The molecule has 0 radical (unpaired) electrons. The molecule has 3 aromatic heterocycles. The van der Waals surface area contributed by atoms with Crippen LogP contribution in [0.1, 0.15) is 51.3 Å². The van der Waals surface area contributed by atoms with Crippen LogP contribution in [0.3, 0.4) is 0 Å². The molecule has 1 saturated heterocycles. The van der Waals surface area contributed by atoms with E-state index in [0.29, 0.717) is 61.7 Å². The van der Waals surface area contributed by atoms with Gasteiger partial charge in [0.15, 0.2) is 5.82 Å². The van der Waals surface area contributed by atoms with Crippen molar-refractivity contribution in [1.82, 2.24) is 35.9 Å². The molecule has 0 bridgehead atoms. The molecule has 218 valence electrons. The Kier molecular flexibility index (Phi) is 9.95. The van der Waals surface area contributed by atoms with Gasteiger partial charge in [-0.1, -0.05) is 22.9 Å². The summed E-state index contributed by atoms with van der Waals surface area (Å²) in [5.41, 5.74) is 1.14. The fourth-order valence-corrected chi connectivity index (χ4v) is 5.58. The molecule has 1 aliphatic heterocycles. The van der Waals surface area contributed by atoms with Gasteiger partial charge in [-0.05, 0) is 63.6 Å². The van der Waals surface area contributed by atoms with Crippen molar-refractivity contribution < 1.29 is 9.47 Å². The molecule has 5 rings (SSSR count). The lowest BCUT2D eigenvalue weighted by molar-refractivity contribution is 0.0455. The van der Waals surface area contributed by atoms with Gasteiger partial charge in [0.1, 0.15) is 18.2 Å². The van der Waals surface area contributed by atoms with E-state index in [4.69, 9.17) is 26.1 Å². The molecule has 3 aromatic rings. The van der Waals surface area contributed by atoms with Crippen molar-refractivity contribution in [3.63, 3.8) is 0 Å². The summed E-state index contributed by atoms with van der Waals surface area (Å²) >= 11 is 6.56. The summed E-state index contributed by atoms with van der Waals surface area (Å²) < 4.78 is 11.1. The number of aromatic amines is 1. The largest absolute Gasteiger partial charge is 0.381 e. The second-order valence-electron chi connectivity index (χ2n) is 10.9. The highest BCUT2D eigenvalue weighted by molar-refractivity contribution is 6.33. The SMILES string of the molecule is CC(COCc1nn[nH]n1)N[C@H]1CC[C@H](Nc2cc(-c3cccc(NCC4(C#N)CCOCC4)n3)c(Cl)cn2)CC1. The van der Waals surface area contributed by atoms with Crippen molar-refractivity contribution >= 4 is 23.2 Å². The van der Waals surface area contributed by atoms with Crippen molar-refractivity contribution in [3.05, 3.63) is 41.3 Å². The number of H-pyrrole nitrogens is 1. The third-order valence-electron chi connectivity index (χ3n) is 7.76. The van der Waals surface area contributed by atoms with Crippen molar-refractivity contribution in [2.75, 3.05) is 37.0 Å². The lowest BCUT2D eigenvalue weighted by atomic mass is 9.82. The maximum atomic E-state index is 9.76. The highest BCUT2D eigenvalue weighted by atomic mass is 35.5. The number of anilines is 2. The lowest BCUT2D eigenvalue weighted by Gasteiger charge is -2.32. The predicted octanol–water partition coefficient (Wildman–Crippen LogP) is 3.96. The van der Waals surface area contributed by atoms with Crippen LogP contribution < -0.4 is 16.0 Å². The van der Waals surface area contributed by atoms with Crippen LogP contribution in [-0.2, 0) is 16.1 Å². The molecule has 12 nitrogen and oxygen atoms in total. The van der Waals surface area contributed by atoms with E-state index in [1.165, 1.54) is 0 Å². The molecule has 41 heavy (non-hydrogen) atoms. The average molecular weight is 581 g/mol. The number of ether oxygens (including phenoxy) is 2. The molecule has 0 aromatic carbocycles. The van der Waals surface area contributed by atoms with E-state index in [-0.39, 0.29) is 6.04 Å². The van der Waals surface area contributed by atoms with Crippen LogP contribution in [0.5, 0.6) is 0 Å². The summed E-state index contributed by atoms with van der Waals surface area (Å²) in [7, 11) is 0. The van der Waals surface area contributed by atoms with Gasteiger partial charge in [0.2, 0.25) is 0 Å². The molecule has 0 spiro atoms. The zero-order valence-electron chi connectivity index (χ0n) is 23.3. The topological polar surface area (TPSA) is 159 Å². The fraction of sp³-hybridized carbons (Fsp3) is 0.571. The first-order chi connectivity index (χ1) is 20.0. The minimum Gasteiger partial charge on any atom is -0.381 e. The highest BCUT2D eigenvalue weighted by Gasteiger charge is 2.32. The van der Waals surface area contributed by atoms with Gasteiger partial charge >= 0.3 is 0 Å². The number of aromatic nitrogens is 6. The normalized spacial score (nSPS) is 21.1. The van der Waals surface area contributed by atoms with Crippen LogP contribution >= 0.6 is 11.6 Å². The zero-order chi connectivity index (χ0) is 28.5. The number of pyridine rings is 2. The number of nitriles is 1.